The molecule has 2 rings (SSSR count). The fraction of sp³-hybridized carbons (Fsp3) is 0.500. The maximum absolute atomic E-state index is 11.9. The number of morpholine rings is 1. The molecule has 0 radical (unpaired) electrons. The Kier molecular flexibility index (Phi) is 4.97. The molecule has 1 aliphatic heterocycles. The summed E-state index contributed by atoms with van der Waals surface area (Å²) in [5, 5.41) is 11.4. The van der Waals surface area contributed by atoms with Gasteiger partial charge in [0.1, 0.15) is 0 Å². The molecule has 1 unspecified atom stereocenters. The lowest BCUT2D eigenvalue weighted by molar-refractivity contribution is -0.141. The number of nitrogens with one attached hydrogen (secondary N) is 1. The summed E-state index contributed by atoms with van der Waals surface area (Å²) in [7, 11) is 0. The quantitative estimate of drug-likeness (QED) is 0.755. The molecule has 108 valence electrons. The van der Waals surface area contributed by atoms with Gasteiger partial charge in [-0.15, -0.1) is 0 Å². The van der Waals surface area contributed by atoms with Crippen molar-refractivity contribution in [1.29, 1.82) is 0 Å². The molecule has 0 aromatic carbocycles. The molecule has 8 heteroatoms. The summed E-state index contributed by atoms with van der Waals surface area (Å²) in [5.41, 5.74) is 0. The Morgan fingerprint density at radius 3 is 2.90 bits per heavy atom. The number of hydrogen-bond acceptors (Lipinski definition) is 6. The van der Waals surface area contributed by atoms with E-state index in [2.05, 4.69) is 15.3 Å². The van der Waals surface area contributed by atoms with Gasteiger partial charge in [0.2, 0.25) is 11.9 Å². The first-order valence-corrected chi connectivity index (χ1v) is 6.25. The highest BCUT2D eigenvalue weighted by molar-refractivity contribution is 5.90. The lowest BCUT2D eigenvalue weighted by atomic mass is 10.1. The third-order valence-electron chi connectivity index (χ3n) is 2.92. The minimum absolute atomic E-state index is 0.0465. The van der Waals surface area contributed by atoms with Crippen molar-refractivity contribution in [3.63, 3.8) is 0 Å². The lowest BCUT2D eigenvalue weighted by Crippen LogP contribution is -2.49. The number of rotatable bonds is 5. The Hall–Kier alpha value is -2.06. The number of nitrogens with zero attached hydrogens (tertiary/aromatic N) is 3. The number of aliphatic carboxylic acids is 1. The van der Waals surface area contributed by atoms with Crippen LogP contribution in [-0.4, -0.2) is 64.2 Å². The predicted molar refractivity (Wildman–Crippen MR) is 69.1 cm³/mol. The monoisotopic (exact) mass is 280 g/mol. The molecule has 8 nitrogen and oxygen atoms in total. The second kappa shape index (κ2) is 6.92. The van der Waals surface area contributed by atoms with E-state index in [9.17, 15) is 9.59 Å². The number of ether oxygens (including phenoxy) is 1. The van der Waals surface area contributed by atoms with E-state index < -0.39 is 5.97 Å². The van der Waals surface area contributed by atoms with Crippen molar-refractivity contribution < 1.29 is 19.4 Å². The van der Waals surface area contributed by atoms with Crippen LogP contribution in [0.2, 0.25) is 0 Å². The third-order valence-corrected chi connectivity index (χ3v) is 2.92. The van der Waals surface area contributed by atoms with Gasteiger partial charge < -0.3 is 9.84 Å². The van der Waals surface area contributed by atoms with Crippen LogP contribution in [0.3, 0.4) is 0 Å². The van der Waals surface area contributed by atoms with Gasteiger partial charge >= 0.3 is 5.97 Å². The normalized spacial score (nSPS) is 19.5. The van der Waals surface area contributed by atoms with Gasteiger partial charge in [0.15, 0.2) is 0 Å². The van der Waals surface area contributed by atoms with Gasteiger partial charge in [-0.2, -0.15) is 0 Å². The third kappa shape index (κ3) is 4.25. The summed E-state index contributed by atoms with van der Waals surface area (Å²) in [6.07, 6.45) is 3.02. The fourth-order valence-corrected chi connectivity index (χ4v) is 2.00. The van der Waals surface area contributed by atoms with Crippen LogP contribution >= 0.6 is 0 Å². The molecule has 1 fully saturated rings. The van der Waals surface area contributed by atoms with Crippen molar-refractivity contribution in [2.24, 2.45) is 0 Å². The maximum Gasteiger partial charge on any atom is 0.305 e. The number of carboxylic acids is 1. The SMILES string of the molecule is O=C(O)CC1COCCN1CC(=O)Nc1ncccn1. The van der Waals surface area contributed by atoms with E-state index in [-0.39, 0.29) is 30.9 Å². The Morgan fingerprint density at radius 1 is 1.45 bits per heavy atom. The molecule has 20 heavy (non-hydrogen) atoms. The van der Waals surface area contributed by atoms with Crippen molar-refractivity contribution in [3.05, 3.63) is 18.5 Å². The van der Waals surface area contributed by atoms with Crippen LogP contribution in [0.1, 0.15) is 6.42 Å². The van der Waals surface area contributed by atoms with E-state index in [1.165, 1.54) is 12.4 Å². The Labute approximate surface area is 115 Å². The maximum atomic E-state index is 11.9. The smallest absolute Gasteiger partial charge is 0.305 e. The number of hydrogen-bond donors (Lipinski definition) is 2. The zero-order chi connectivity index (χ0) is 14.4. The van der Waals surface area contributed by atoms with Gasteiger partial charge in [-0.25, -0.2) is 9.97 Å². The highest BCUT2D eigenvalue weighted by atomic mass is 16.5. The van der Waals surface area contributed by atoms with Crippen LogP contribution in [0.5, 0.6) is 0 Å². The average Bonchev–Trinajstić information content (AvgIpc) is 2.41. The van der Waals surface area contributed by atoms with Crippen LogP contribution in [0, 0.1) is 0 Å². The van der Waals surface area contributed by atoms with Crippen molar-refractivity contribution in [1.82, 2.24) is 14.9 Å². The van der Waals surface area contributed by atoms with E-state index in [0.717, 1.165) is 0 Å². The number of carbonyl (C=O) groups is 2. The summed E-state index contributed by atoms with van der Waals surface area (Å²) in [6.45, 7) is 1.44. The topological polar surface area (TPSA) is 105 Å². The van der Waals surface area contributed by atoms with Crippen LogP contribution in [-0.2, 0) is 14.3 Å². The largest absolute Gasteiger partial charge is 0.481 e. The average molecular weight is 280 g/mol. The summed E-state index contributed by atoms with van der Waals surface area (Å²) >= 11 is 0. The van der Waals surface area contributed by atoms with Crippen molar-refractivity contribution in [2.75, 3.05) is 31.6 Å². The van der Waals surface area contributed by atoms with Crippen molar-refractivity contribution >= 4 is 17.8 Å². The van der Waals surface area contributed by atoms with E-state index in [1.54, 1.807) is 11.0 Å². The Morgan fingerprint density at radius 2 is 2.20 bits per heavy atom. The number of aromatic nitrogens is 2. The van der Waals surface area contributed by atoms with E-state index in [4.69, 9.17) is 9.84 Å². The summed E-state index contributed by atoms with van der Waals surface area (Å²) < 4.78 is 5.25. The number of carboxylic acid groups (broad SMARTS) is 1. The molecular formula is C12H16N4O4. The van der Waals surface area contributed by atoms with Crippen LogP contribution < -0.4 is 5.32 Å². The first-order valence-electron chi connectivity index (χ1n) is 6.25. The first kappa shape index (κ1) is 14.4. The van der Waals surface area contributed by atoms with Crippen LogP contribution in [0.15, 0.2) is 18.5 Å². The molecule has 1 aromatic rings. The van der Waals surface area contributed by atoms with Gasteiger partial charge in [-0.1, -0.05) is 0 Å². The van der Waals surface area contributed by atoms with E-state index in [1.807, 2.05) is 0 Å². The lowest BCUT2D eigenvalue weighted by Gasteiger charge is -2.33. The molecule has 1 saturated heterocycles. The molecule has 0 aliphatic carbocycles. The summed E-state index contributed by atoms with van der Waals surface area (Å²) in [4.78, 5) is 32.3. The molecule has 2 heterocycles. The van der Waals surface area contributed by atoms with Crippen LogP contribution in [0.4, 0.5) is 5.95 Å². The molecule has 0 saturated carbocycles. The second-order valence-electron chi connectivity index (χ2n) is 4.42. The molecule has 0 spiro atoms. The molecule has 0 bridgehead atoms. The van der Waals surface area contributed by atoms with E-state index in [0.29, 0.717) is 19.8 Å². The molecule has 2 N–H and O–H groups in total. The Balaban J connectivity index is 1.89. The highest BCUT2D eigenvalue weighted by Crippen LogP contribution is 2.10. The zero-order valence-corrected chi connectivity index (χ0v) is 10.9. The molecule has 1 aliphatic rings. The molecule has 1 amide bonds. The number of anilines is 1. The minimum Gasteiger partial charge on any atom is -0.481 e. The highest BCUT2D eigenvalue weighted by Gasteiger charge is 2.26. The minimum atomic E-state index is -0.905. The van der Waals surface area contributed by atoms with Gasteiger partial charge in [0.25, 0.3) is 0 Å². The standard InChI is InChI=1S/C12H16N4O4/c17-10(15-12-13-2-1-3-14-12)7-16-4-5-20-8-9(16)6-11(18)19/h1-3,9H,4-8H2,(H,18,19)(H,13,14,15,17). The first-order chi connectivity index (χ1) is 9.65. The number of amides is 1. The van der Waals surface area contributed by atoms with Gasteiger partial charge in [0, 0.05) is 25.0 Å². The second-order valence-corrected chi connectivity index (χ2v) is 4.42. The van der Waals surface area contributed by atoms with Gasteiger partial charge in [-0.05, 0) is 6.07 Å². The zero-order valence-electron chi connectivity index (χ0n) is 10.9. The molecule has 1 atom stereocenters. The van der Waals surface area contributed by atoms with Gasteiger partial charge in [-0.3, -0.25) is 19.8 Å². The number of carbonyl (C=O) groups excluding carboxylic acids is 1. The van der Waals surface area contributed by atoms with Crippen LogP contribution in [0.25, 0.3) is 0 Å². The van der Waals surface area contributed by atoms with Crippen molar-refractivity contribution in [3.8, 4) is 0 Å². The Bertz CT molecular complexity index is 468. The van der Waals surface area contributed by atoms with Crippen molar-refractivity contribution in [2.45, 2.75) is 12.5 Å². The molecule has 1 aromatic heterocycles. The summed E-state index contributed by atoms with van der Waals surface area (Å²) in [6, 6.07) is 1.37. The van der Waals surface area contributed by atoms with Gasteiger partial charge in [0.05, 0.1) is 26.2 Å². The summed E-state index contributed by atoms with van der Waals surface area (Å²) in [5.74, 6) is -0.939. The fourth-order valence-electron chi connectivity index (χ4n) is 2.00. The van der Waals surface area contributed by atoms with E-state index >= 15 is 0 Å². The molecular weight excluding hydrogens is 264 g/mol. The predicted octanol–water partition coefficient (Wildman–Crippen LogP) is -0.409.